The third-order valence-electron chi connectivity index (χ3n) is 5.38. The normalized spacial score (nSPS) is 25.4. The number of carbonyl (C=O) groups is 6. The molecule has 0 unspecified atom stereocenters. The van der Waals surface area contributed by atoms with Crippen molar-refractivity contribution < 1.29 is 68.9 Å². The molecule has 0 aromatic carbocycles. The lowest BCUT2D eigenvalue weighted by molar-refractivity contribution is -0.133. The Bertz CT molecular complexity index is 1430. The molecule has 0 aromatic heterocycles. The lowest BCUT2D eigenvalue weighted by Gasteiger charge is -2.29. The average Bonchev–Trinajstić information content (AvgIpc) is 2.95. The zero-order chi connectivity index (χ0) is 37.4. The van der Waals surface area contributed by atoms with Crippen molar-refractivity contribution in [3.8, 4) is 0 Å². The maximum absolute atomic E-state index is 13.1. The van der Waals surface area contributed by atoms with Crippen LogP contribution in [0.3, 0.4) is 0 Å². The first kappa shape index (κ1) is 43.2. The fourth-order valence-electron chi connectivity index (χ4n) is 3.35. The number of aliphatic imine (C=N–C) groups is 1. The number of guanidine groups is 1. The van der Waals surface area contributed by atoms with Gasteiger partial charge in [-0.05, 0) is 6.42 Å². The van der Waals surface area contributed by atoms with E-state index in [1.807, 2.05) is 5.32 Å². The zero-order valence-electron chi connectivity index (χ0n) is 24.4. The molecular formula is C19H36N12O15S2. The van der Waals surface area contributed by atoms with Crippen LogP contribution in [-0.2, 0) is 44.8 Å². The fraction of sp³-hybridized carbons (Fsp3) is 0.526. The van der Waals surface area contributed by atoms with Crippen LogP contribution in [0.25, 0.3) is 0 Å². The van der Waals surface area contributed by atoms with E-state index < -0.39 is 112 Å². The minimum atomic E-state index is -4.67. The van der Waals surface area contributed by atoms with Gasteiger partial charge in [-0.15, -0.1) is 0 Å². The topological polar surface area (TPSA) is 472 Å². The Balaban J connectivity index is 0.00000192. The number of aliphatic hydroxyl groups excluding tert-OH is 1. The minimum Gasteiger partial charge on any atom is -0.394 e. The van der Waals surface area contributed by atoms with E-state index in [-0.39, 0.29) is 12.4 Å². The molecule has 0 aromatic rings. The predicted molar refractivity (Wildman–Crippen MR) is 158 cm³/mol. The molecule has 0 spiro atoms. The van der Waals surface area contributed by atoms with Crippen LogP contribution in [0, 0.1) is 0 Å². The number of nitrogens with one attached hydrogen (secondary N) is 7. The second-order valence-corrected chi connectivity index (χ2v) is 10.9. The van der Waals surface area contributed by atoms with Crippen molar-refractivity contribution in [1.82, 2.24) is 37.2 Å². The molecule has 27 nitrogen and oxygen atoms in total. The minimum absolute atomic E-state index is 0.0163. The summed E-state index contributed by atoms with van der Waals surface area (Å²) in [5, 5.41) is 25.8. The molecule has 2 rings (SSSR count). The highest BCUT2D eigenvalue weighted by Crippen LogP contribution is 2.09. The molecule has 1 saturated heterocycles. The summed E-state index contributed by atoms with van der Waals surface area (Å²) in [7, 11) is -9.33. The molecule has 0 aliphatic carbocycles. The van der Waals surface area contributed by atoms with Gasteiger partial charge in [-0.3, -0.25) is 42.2 Å². The number of amides is 7. The molecule has 29 heteroatoms. The number of rotatable bonds is 4. The number of hydrogen-bond acceptors (Lipinski definition) is 16. The van der Waals surface area contributed by atoms with E-state index in [1.165, 1.54) is 0 Å². The molecule has 48 heavy (non-hydrogen) atoms. The van der Waals surface area contributed by atoms with E-state index in [4.69, 9.17) is 58.0 Å². The van der Waals surface area contributed by atoms with E-state index in [2.05, 4.69) is 36.9 Å². The maximum Gasteiger partial charge on any atom is 0.394 e. The molecule has 1 fully saturated rings. The first-order chi connectivity index (χ1) is 22.0. The number of primary amides is 1. The quantitative estimate of drug-likeness (QED) is 0.0940. The van der Waals surface area contributed by atoms with Crippen LogP contribution in [0.4, 0.5) is 4.79 Å². The van der Waals surface area contributed by atoms with Gasteiger partial charge in [0.1, 0.15) is 29.9 Å². The Kier molecular flexibility index (Phi) is 17.8. The number of carbonyl (C=O) groups excluding carboxylic acids is 6. The Hall–Kier alpha value is -4.75. The smallest absolute Gasteiger partial charge is 0.394 e. The van der Waals surface area contributed by atoms with Crippen molar-refractivity contribution in [3.63, 3.8) is 0 Å². The van der Waals surface area contributed by atoms with Crippen molar-refractivity contribution in [2.75, 3.05) is 26.2 Å². The summed E-state index contributed by atoms with van der Waals surface area (Å²) in [6.07, 6.45) is 1.03. The summed E-state index contributed by atoms with van der Waals surface area (Å²) in [6.45, 7) is -1.42. The van der Waals surface area contributed by atoms with Gasteiger partial charge in [-0.2, -0.15) is 16.8 Å². The van der Waals surface area contributed by atoms with E-state index in [0.29, 0.717) is 6.54 Å². The van der Waals surface area contributed by atoms with E-state index in [1.54, 1.807) is 0 Å². The number of nitrogens with two attached hydrogens (primary N) is 4. The lowest BCUT2D eigenvalue weighted by atomic mass is 10.0. The van der Waals surface area contributed by atoms with Crippen molar-refractivity contribution in [1.29, 1.82) is 0 Å². The molecule has 274 valence electrons. The molecule has 0 bridgehead atoms. The second-order valence-electron chi connectivity index (χ2n) is 9.09. The van der Waals surface area contributed by atoms with Crippen molar-refractivity contribution in [2.24, 2.45) is 27.9 Å². The van der Waals surface area contributed by atoms with Gasteiger partial charge >= 0.3 is 26.8 Å². The van der Waals surface area contributed by atoms with Gasteiger partial charge in [-0.1, -0.05) is 0 Å². The number of nitrogens with zero attached hydrogens (tertiary/aromatic N) is 1. The highest BCUT2D eigenvalue weighted by Gasteiger charge is 2.34. The Morgan fingerprint density at radius 1 is 0.896 bits per heavy atom. The van der Waals surface area contributed by atoms with Gasteiger partial charge in [0.25, 0.3) is 5.91 Å². The van der Waals surface area contributed by atoms with Crippen LogP contribution in [0.1, 0.15) is 6.42 Å². The average molecular weight is 737 g/mol. The van der Waals surface area contributed by atoms with E-state index in [9.17, 15) is 33.9 Å². The van der Waals surface area contributed by atoms with Crippen LogP contribution < -0.4 is 60.2 Å². The molecule has 7 amide bonds. The highest BCUT2D eigenvalue weighted by atomic mass is 32.3. The summed E-state index contributed by atoms with van der Waals surface area (Å²) in [5.41, 5.74) is 21.6. The molecule has 0 saturated carbocycles. The monoisotopic (exact) mass is 736 g/mol. The van der Waals surface area contributed by atoms with Crippen molar-refractivity contribution >= 4 is 62.3 Å². The Morgan fingerprint density at radius 3 is 1.92 bits per heavy atom. The Labute approximate surface area is 271 Å². The summed E-state index contributed by atoms with van der Waals surface area (Å²) in [4.78, 5) is 79.3. The van der Waals surface area contributed by atoms with Gasteiger partial charge in [0, 0.05) is 25.8 Å². The largest absolute Gasteiger partial charge is 0.394 e. The lowest BCUT2D eigenvalue weighted by Crippen LogP contribution is -2.62. The van der Waals surface area contributed by atoms with Crippen molar-refractivity contribution in [3.05, 3.63) is 11.9 Å². The third-order valence-corrected chi connectivity index (χ3v) is 5.38. The predicted octanol–water partition coefficient (Wildman–Crippen LogP) is -9.15. The van der Waals surface area contributed by atoms with Gasteiger partial charge in [0.15, 0.2) is 5.96 Å². The summed E-state index contributed by atoms with van der Waals surface area (Å²) < 4.78 is 63.2. The zero-order valence-corrected chi connectivity index (χ0v) is 26.0. The second kappa shape index (κ2) is 19.8. The number of urea groups is 1. The third kappa shape index (κ3) is 19.0. The number of aliphatic hydroxyl groups is 1. The first-order valence-electron chi connectivity index (χ1n) is 12.8. The summed E-state index contributed by atoms with van der Waals surface area (Å²) >= 11 is 0. The molecule has 2 heterocycles. The molecular weight excluding hydrogens is 700 g/mol. The van der Waals surface area contributed by atoms with Crippen LogP contribution in [0.2, 0.25) is 0 Å². The van der Waals surface area contributed by atoms with Gasteiger partial charge < -0.3 is 65.3 Å². The van der Waals surface area contributed by atoms with Crippen LogP contribution in [-0.4, -0.2) is 138 Å². The van der Waals surface area contributed by atoms with Crippen LogP contribution in [0.15, 0.2) is 16.9 Å². The Morgan fingerprint density at radius 2 is 1.44 bits per heavy atom. The van der Waals surface area contributed by atoms with Crippen LogP contribution >= 0.6 is 0 Å². The summed E-state index contributed by atoms with van der Waals surface area (Å²) in [6, 6.07) is -7.64. The van der Waals surface area contributed by atoms with Gasteiger partial charge in [0.2, 0.25) is 23.6 Å². The molecule has 2 aliphatic rings. The van der Waals surface area contributed by atoms with Crippen LogP contribution in [0.5, 0.6) is 0 Å². The number of hydrogen-bond donors (Lipinski definition) is 16. The molecule has 5 atom stereocenters. The standard InChI is InChI=1S/C19H32N12O7.2H2O4S/c20-3-9-14(34)28-10(5-26-19(23)38)15(35)31-12(8-1-2-24-18(22)30-8)17(37)25-4-7(21)13(33)29-11(6-32)16(36)27-9;2*1-5(2,3)4/h5,7-9,11-12,32H,1-4,6,20-21H2,(H,25,37)(H,27,36)(H,28,34)(H,29,33)(H,31,35)(H3,22,24,30)(H3,23,26,38);2*(H2,1,2,3,4)/b10-5-;;/t7-,8+,9-,11-,12-;;/m0../s1. The maximum atomic E-state index is 13.1. The van der Waals surface area contributed by atoms with Gasteiger partial charge in [-0.25, -0.2) is 9.79 Å². The van der Waals surface area contributed by atoms with E-state index >= 15 is 0 Å². The molecule has 2 aliphatic heterocycles. The van der Waals surface area contributed by atoms with E-state index in [0.717, 1.165) is 6.20 Å². The van der Waals surface area contributed by atoms with Gasteiger partial charge in [0.05, 0.1) is 12.6 Å². The molecule has 20 N–H and O–H groups in total. The SMILES string of the molecule is NC[C@@H]1NC(=O)[C@H](CO)NC(=O)[C@@H](N)CNC(=O)[C@H]([C@H]2CCNC(N)=N2)NC(=O)/C(=C/NC(N)=O)NC1=O.O=S(=O)(O)O.O=S(=O)(O)O. The fourth-order valence-corrected chi connectivity index (χ4v) is 3.35. The first-order valence-corrected chi connectivity index (χ1v) is 15.6. The van der Waals surface area contributed by atoms with Crippen molar-refractivity contribution in [2.45, 2.75) is 36.6 Å². The molecule has 0 radical (unpaired) electrons. The summed E-state index contributed by atoms with van der Waals surface area (Å²) in [5.74, 6) is -4.73. The highest BCUT2D eigenvalue weighted by molar-refractivity contribution is 7.80.